The summed E-state index contributed by atoms with van der Waals surface area (Å²) in [5.41, 5.74) is 0. The first-order valence-electron chi connectivity index (χ1n) is 8.40. The number of aryl methyl sites for hydroxylation is 1. The molecule has 128 valence electrons. The van der Waals surface area contributed by atoms with E-state index in [1.807, 2.05) is 19.1 Å². The second-order valence-corrected chi connectivity index (χ2v) is 5.91. The smallest absolute Gasteiger partial charge is 0.242 e. The monoisotopic (exact) mass is 321 g/mol. The van der Waals surface area contributed by atoms with Crippen LogP contribution < -0.4 is 5.32 Å². The predicted molar refractivity (Wildman–Crippen MR) is 87.8 cm³/mol. The molecule has 1 fully saturated rings. The molecule has 0 aliphatic carbocycles. The first kappa shape index (κ1) is 17.5. The van der Waals surface area contributed by atoms with E-state index in [0.717, 1.165) is 31.2 Å². The summed E-state index contributed by atoms with van der Waals surface area (Å²) in [7, 11) is 0. The van der Waals surface area contributed by atoms with Crippen molar-refractivity contribution in [2.45, 2.75) is 46.2 Å². The van der Waals surface area contributed by atoms with E-state index in [1.54, 1.807) is 4.90 Å². The number of likely N-dealkylation sites (N-methyl/N-ethyl adjacent to an activating group) is 1. The van der Waals surface area contributed by atoms with Gasteiger partial charge in [-0.25, -0.2) is 0 Å². The number of amides is 2. The highest BCUT2D eigenvalue weighted by atomic mass is 16.3. The summed E-state index contributed by atoms with van der Waals surface area (Å²) in [6.45, 7) is 9.82. The molecule has 0 radical (unpaired) electrons. The molecule has 1 saturated heterocycles. The van der Waals surface area contributed by atoms with Crippen LogP contribution in [-0.2, 0) is 16.1 Å². The van der Waals surface area contributed by atoms with Gasteiger partial charge in [0.1, 0.15) is 17.6 Å². The van der Waals surface area contributed by atoms with Crippen LogP contribution in [0, 0.1) is 6.92 Å². The molecule has 2 heterocycles. The van der Waals surface area contributed by atoms with E-state index in [4.69, 9.17) is 4.42 Å². The minimum absolute atomic E-state index is 0.0166. The van der Waals surface area contributed by atoms with Crippen LogP contribution in [0.15, 0.2) is 16.5 Å². The molecule has 6 heteroatoms. The summed E-state index contributed by atoms with van der Waals surface area (Å²) < 4.78 is 5.53. The Kier molecular flexibility index (Phi) is 6.21. The van der Waals surface area contributed by atoms with Crippen LogP contribution in [0.4, 0.5) is 0 Å². The maximum Gasteiger partial charge on any atom is 0.242 e. The lowest BCUT2D eigenvalue weighted by molar-refractivity contribution is -0.136. The summed E-state index contributed by atoms with van der Waals surface area (Å²) in [5.74, 6) is 1.49. The molecule has 0 unspecified atom stereocenters. The fourth-order valence-electron chi connectivity index (χ4n) is 2.94. The lowest BCUT2D eigenvalue weighted by Crippen LogP contribution is -2.46. The van der Waals surface area contributed by atoms with Gasteiger partial charge in [-0.05, 0) is 38.6 Å². The van der Waals surface area contributed by atoms with E-state index in [-0.39, 0.29) is 17.9 Å². The van der Waals surface area contributed by atoms with Crippen LogP contribution in [-0.4, -0.2) is 53.8 Å². The van der Waals surface area contributed by atoms with Crippen molar-refractivity contribution in [1.82, 2.24) is 15.1 Å². The van der Waals surface area contributed by atoms with E-state index >= 15 is 0 Å². The number of nitrogens with zero attached hydrogens (tertiary/aromatic N) is 2. The molecule has 0 aromatic carbocycles. The fraction of sp³-hybridized carbons (Fsp3) is 0.647. The fourth-order valence-corrected chi connectivity index (χ4v) is 2.94. The lowest BCUT2D eigenvalue weighted by atomic mass is 10.2. The van der Waals surface area contributed by atoms with Crippen LogP contribution in [0.3, 0.4) is 0 Å². The highest BCUT2D eigenvalue weighted by Gasteiger charge is 2.36. The third-order valence-electron chi connectivity index (χ3n) is 4.37. The van der Waals surface area contributed by atoms with Gasteiger partial charge in [0.25, 0.3) is 0 Å². The van der Waals surface area contributed by atoms with Crippen LogP contribution in [0.5, 0.6) is 0 Å². The molecule has 0 spiro atoms. The van der Waals surface area contributed by atoms with Gasteiger partial charge in [0, 0.05) is 19.5 Å². The van der Waals surface area contributed by atoms with Gasteiger partial charge in [-0.2, -0.15) is 0 Å². The maximum absolute atomic E-state index is 12.4. The van der Waals surface area contributed by atoms with E-state index in [2.05, 4.69) is 24.1 Å². The minimum atomic E-state index is -0.385. The van der Waals surface area contributed by atoms with Gasteiger partial charge in [-0.3, -0.25) is 9.59 Å². The second kappa shape index (κ2) is 8.15. The largest absolute Gasteiger partial charge is 0.464 e. The third kappa shape index (κ3) is 4.58. The quantitative estimate of drug-likeness (QED) is 0.789. The number of furan rings is 1. The number of carbonyl (C=O) groups is 2. The van der Waals surface area contributed by atoms with Crippen molar-refractivity contribution < 1.29 is 14.0 Å². The van der Waals surface area contributed by atoms with Crippen molar-refractivity contribution in [2.24, 2.45) is 0 Å². The van der Waals surface area contributed by atoms with Crippen molar-refractivity contribution in [1.29, 1.82) is 0 Å². The van der Waals surface area contributed by atoms with Crippen molar-refractivity contribution in [3.05, 3.63) is 23.7 Å². The number of carbonyl (C=O) groups excluding carboxylic acids is 2. The summed E-state index contributed by atoms with van der Waals surface area (Å²) >= 11 is 0. The number of nitrogens with one attached hydrogen (secondary N) is 1. The molecule has 1 aromatic heterocycles. The van der Waals surface area contributed by atoms with Gasteiger partial charge >= 0.3 is 0 Å². The van der Waals surface area contributed by atoms with Crippen molar-refractivity contribution in [2.75, 3.05) is 26.2 Å². The van der Waals surface area contributed by atoms with Crippen molar-refractivity contribution in [3.63, 3.8) is 0 Å². The average Bonchev–Trinajstić information content (AvgIpc) is 3.11. The number of hydrogen-bond donors (Lipinski definition) is 1. The van der Waals surface area contributed by atoms with Gasteiger partial charge in [0.05, 0.1) is 6.54 Å². The van der Waals surface area contributed by atoms with E-state index in [1.165, 1.54) is 0 Å². The van der Waals surface area contributed by atoms with E-state index < -0.39 is 0 Å². The van der Waals surface area contributed by atoms with Crippen LogP contribution >= 0.6 is 0 Å². The molecule has 1 aromatic rings. The number of likely N-dealkylation sites (tertiary alicyclic amines) is 1. The van der Waals surface area contributed by atoms with Crippen LogP contribution in [0.2, 0.25) is 0 Å². The zero-order chi connectivity index (χ0) is 16.8. The van der Waals surface area contributed by atoms with E-state index in [0.29, 0.717) is 25.9 Å². The average molecular weight is 321 g/mol. The summed E-state index contributed by atoms with van der Waals surface area (Å²) in [6, 6.07) is 3.34. The van der Waals surface area contributed by atoms with Crippen LogP contribution in [0.25, 0.3) is 0 Å². The molecule has 1 atom stereocenters. The van der Waals surface area contributed by atoms with E-state index in [9.17, 15) is 9.59 Å². The third-order valence-corrected chi connectivity index (χ3v) is 4.37. The molecule has 1 aliphatic rings. The highest BCUT2D eigenvalue weighted by molar-refractivity contribution is 5.90. The summed E-state index contributed by atoms with van der Waals surface area (Å²) in [5, 5.41) is 2.96. The molecular formula is C17H27N3O3. The first-order chi connectivity index (χ1) is 11.0. The SMILES string of the molecule is CCN(CC)CCNC(=O)[C@@H]1CCC(=O)N1Cc1ccc(C)o1. The van der Waals surface area contributed by atoms with Gasteiger partial charge in [0.15, 0.2) is 0 Å². The predicted octanol–water partition coefficient (Wildman–Crippen LogP) is 1.54. The Balaban J connectivity index is 1.89. The maximum atomic E-state index is 12.4. The van der Waals surface area contributed by atoms with Gasteiger partial charge in [0.2, 0.25) is 11.8 Å². The van der Waals surface area contributed by atoms with Gasteiger partial charge < -0.3 is 19.5 Å². The summed E-state index contributed by atoms with van der Waals surface area (Å²) in [4.78, 5) is 28.4. The molecule has 2 rings (SSSR count). The van der Waals surface area contributed by atoms with Crippen LogP contribution in [0.1, 0.15) is 38.2 Å². The zero-order valence-electron chi connectivity index (χ0n) is 14.3. The molecule has 1 N–H and O–H groups in total. The minimum Gasteiger partial charge on any atom is -0.464 e. The Labute approximate surface area is 137 Å². The highest BCUT2D eigenvalue weighted by Crippen LogP contribution is 2.22. The summed E-state index contributed by atoms with van der Waals surface area (Å²) in [6.07, 6.45) is 1.00. The number of hydrogen-bond acceptors (Lipinski definition) is 4. The Bertz CT molecular complexity index is 537. The molecule has 23 heavy (non-hydrogen) atoms. The van der Waals surface area contributed by atoms with Gasteiger partial charge in [-0.1, -0.05) is 13.8 Å². The molecule has 0 saturated carbocycles. The Morgan fingerprint density at radius 1 is 1.39 bits per heavy atom. The van der Waals surface area contributed by atoms with Crippen molar-refractivity contribution >= 4 is 11.8 Å². The first-order valence-corrected chi connectivity index (χ1v) is 8.40. The molecular weight excluding hydrogens is 294 g/mol. The zero-order valence-corrected chi connectivity index (χ0v) is 14.3. The second-order valence-electron chi connectivity index (χ2n) is 5.91. The number of rotatable bonds is 8. The molecule has 6 nitrogen and oxygen atoms in total. The Morgan fingerprint density at radius 3 is 2.74 bits per heavy atom. The normalized spacial score (nSPS) is 18.0. The standard InChI is InChI=1S/C17H27N3O3/c1-4-19(5-2)11-10-18-17(22)15-8-9-16(21)20(15)12-14-7-6-13(3)23-14/h6-7,15H,4-5,8-12H2,1-3H3,(H,18,22)/t15-/m0/s1. The topological polar surface area (TPSA) is 65.8 Å². The Hall–Kier alpha value is -1.82. The molecule has 1 aliphatic heterocycles. The van der Waals surface area contributed by atoms with Crippen molar-refractivity contribution in [3.8, 4) is 0 Å². The van der Waals surface area contributed by atoms with Gasteiger partial charge in [-0.15, -0.1) is 0 Å². The molecule has 0 bridgehead atoms. The molecule has 2 amide bonds. The Morgan fingerprint density at radius 2 is 2.13 bits per heavy atom. The lowest BCUT2D eigenvalue weighted by Gasteiger charge is -2.24.